The maximum atomic E-state index is 12.3. The molecule has 0 radical (unpaired) electrons. The van der Waals surface area contributed by atoms with E-state index in [2.05, 4.69) is 15.4 Å². The monoisotopic (exact) mass is 396 g/mol. The number of hydrogen-bond acceptors (Lipinski definition) is 4. The molecule has 1 amide bonds. The zero-order valence-electron chi connectivity index (χ0n) is 15.8. The van der Waals surface area contributed by atoms with Crippen LogP contribution in [-0.4, -0.2) is 24.4 Å². The summed E-state index contributed by atoms with van der Waals surface area (Å²) in [7, 11) is 0. The van der Waals surface area contributed by atoms with Gasteiger partial charge < -0.3 is 20.1 Å². The fourth-order valence-electron chi connectivity index (χ4n) is 2.32. The number of halogens is 3. The van der Waals surface area contributed by atoms with Crippen molar-refractivity contribution in [2.75, 3.05) is 10.6 Å². The summed E-state index contributed by atoms with van der Waals surface area (Å²) < 4.78 is 45.9. The van der Waals surface area contributed by atoms with E-state index in [1.54, 1.807) is 6.92 Å². The number of carbonyl (C=O) groups is 1. The highest BCUT2D eigenvalue weighted by molar-refractivity contribution is 5.96. The third kappa shape index (κ3) is 7.48. The van der Waals surface area contributed by atoms with E-state index >= 15 is 0 Å². The molecule has 8 heteroatoms. The first-order valence-electron chi connectivity index (χ1n) is 8.76. The molecule has 2 N–H and O–H groups in total. The molecule has 0 aliphatic rings. The summed E-state index contributed by atoms with van der Waals surface area (Å²) in [5.41, 5.74) is 2.11. The van der Waals surface area contributed by atoms with E-state index in [0.717, 1.165) is 23.4 Å². The van der Waals surface area contributed by atoms with Crippen LogP contribution in [0.2, 0.25) is 0 Å². The third-order valence-corrected chi connectivity index (χ3v) is 3.64. The van der Waals surface area contributed by atoms with E-state index in [0.29, 0.717) is 12.3 Å². The number of amides is 1. The Morgan fingerprint density at radius 3 is 2.32 bits per heavy atom. The minimum absolute atomic E-state index is 0.120. The van der Waals surface area contributed by atoms with Gasteiger partial charge in [0.2, 0.25) is 5.91 Å². The Morgan fingerprint density at radius 2 is 1.71 bits per heavy atom. The second-order valence-corrected chi connectivity index (χ2v) is 6.49. The van der Waals surface area contributed by atoms with Crippen LogP contribution in [0, 0.1) is 0 Å². The van der Waals surface area contributed by atoms with Crippen LogP contribution in [0.3, 0.4) is 0 Å². The number of nitrogens with one attached hydrogen (secondary N) is 2. The van der Waals surface area contributed by atoms with Crippen molar-refractivity contribution >= 4 is 17.3 Å². The normalized spacial score (nSPS) is 12.5. The molecule has 2 aromatic rings. The van der Waals surface area contributed by atoms with Gasteiger partial charge in [-0.05, 0) is 62.7 Å². The molecule has 0 aromatic heterocycles. The number of hydrogen-bond donors (Lipinski definition) is 2. The highest BCUT2D eigenvalue weighted by atomic mass is 19.4. The average Bonchev–Trinajstić information content (AvgIpc) is 2.60. The van der Waals surface area contributed by atoms with Gasteiger partial charge in [-0.1, -0.05) is 12.1 Å². The lowest BCUT2D eigenvalue weighted by Gasteiger charge is -2.16. The number of carbonyl (C=O) groups excluding carboxylic acids is 1. The topological polar surface area (TPSA) is 59.6 Å². The minimum atomic E-state index is -4.75. The predicted molar refractivity (Wildman–Crippen MR) is 101 cm³/mol. The summed E-state index contributed by atoms with van der Waals surface area (Å²) in [4.78, 5) is 12.3. The molecule has 0 saturated heterocycles. The fourth-order valence-corrected chi connectivity index (χ4v) is 2.32. The number of rotatable bonds is 8. The van der Waals surface area contributed by atoms with Crippen LogP contribution in [0.25, 0.3) is 0 Å². The molecule has 0 fully saturated rings. The second kappa shape index (κ2) is 9.45. The lowest BCUT2D eigenvalue weighted by atomic mass is 10.2. The molecule has 5 nitrogen and oxygen atoms in total. The number of anilines is 2. The largest absolute Gasteiger partial charge is 0.573 e. The zero-order chi connectivity index (χ0) is 20.7. The molecule has 0 saturated carbocycles. The third-order valence-electron chi connectivity index (χ3n) is 3.64. The smallest absolute Gasteiger partial charge is 0.406 e. The maximum Gasteiger partial charge on any atom is 0.573 e. The van der Waals surface area contributed by atoms with Crippen LogP contribution >= 0.6 is 0 Å². The van der Waals surface area contributed by atoms with Gasteiger partial charge in [0.15, 0.2) is 0 Å². The predicted octanol–water partition coefficient (Wildman–Crippen LogP) is 4.95. The number of alkyl halides is 3. The highest BCUT2D eigenvalue weighted by Gasteiger charge is 2.31. The molecular weight excluding hydrogens is 373 g/mol. The van der Waals surface area contributed by atoms with Crippen LogP contribution in [0.15, 0.2) is 48.5 Å². The quantitative estimate of drug-likeness (QED) is 0.663. The summed E-state index contributed by atoms with van der Waals surface area (Å²) in [6.45, 7) is 6.07. The van der Waals surface area contributed by atoms with Crippen LogP contribution in [0.1, 0.15) is 26.3 Å². The van der Waals surface area contributed by atoms with Crippen LogP contribution < -0.4 is 15.4 Å². The van der Waals surface area contributed by atoms with Gasteiger partial charge in [-0.2, -0.15) is 0 Å². The Labute approximate surface area is 161 Å². The Bertz CT molecular complexity index is 777. The molecule has 1 unspecified atom stereocenters. The molecule has 0 aliphatic carbocycles. The van der Waals surface area contributed by atoms with Gasteiger partial charge in [-0.3, -0.25) is 4.79 Å². The maximum absolute atomic E-state index is 12.3. The summed E-state index contributed by atoms with van der Waals surface area (Å²) in [6, 6.07) is 11.9. The first-order valence-corrected chi connectivity index (χ1v) is 8.76. The van der Waals surface area contributed by atoms with Crippen molar-refractivity contribution < 1.29 is 27.4 Å². The van der Waals surface area contributed by atoms with E-state index in [1.165, 1.54) is 12.1 Å². The van der Waals surface area contributed by atoms with Crippen LogP contribution in [0.5, 0.6) is 5.75 Å². The van der Waals surface area contributed by atoms with Crippen LogP contribution in [0.4, 0.5) is 24.5 Å². The van der Waals surface area contributed by atoms with E-state index in [9.17, 15) is 18.0 Å². The Morgan fingerprint density at radius 1 is 1.04 bits per heavy atom. The lowest BCUT2D eigenvalue weighted by Crippen LogP contribution is -2.31. The molecule has 0 heterocycles. The van der Waals surface area contributed by atoms with E-state index in [1.807, 2.05) is 38.1 Å². The Kier molecular flexibility index (Phi) is 7.28. The number of ether oxygens (including phenoxy) is 2. The van der Waals surface area contributed by atoms with Crippen molar-refractivity contribution in [1.82, 2.24) is 0 Å². The zero-order valence-corrected chi connectivity index (χ0v) is 15.8. The summed E-state index contributed by atoms with van der Waals surface area (Å²) in [5.74, 6) is -0.676. The molecule has 0 spiro atoms. The Hall–Kier alpha value is -2.74. The van der Waals surface area contributed by atoms with E-state index in [4.69, 9.17) is 4.74 Å². The van der Waals surface area contributed by atoms with E-state index in [-0.39, 0.29) is 17.8 Å². The van der Waals surface area contributed by atoms with Gasteiger partial charge >= 0.3 is 6.36 Å². The summed E-state index contributed by atoms with van der Waals surface area (Å²) in [5, 5.41) is 5.74. The molecular formula is C20H23F3N2O3. The molecule has 2 rings (SSSR count). The number of benzene rings is 2. The summed E-state index contributed by atoms with van der Waals surface area (Å²) in [6.07, 6.45) is -4.63. The van der Waals surface area contributed by atoms with Crippen molar-refractivity contribution in [1.29, 1.82) is 0 Å². The lowest BCUT2D eigenvalue weighted by molar-refractivity contribution is -0.274. The van der Waals surface area contributed by atoms with Gasteiger partial charge in [0.05, 0.1) is 12.7 Å². The van der Waals surface area contributed by atoms with Gasteiger partial charge in [-0.25, -0.2) is 0 Å². The van der Waals surface area contributed by atoms with Crippen molar-refractivity contribution in [3.63, 3.8) is 0 Å². The molecule has 1 atom stereocenters. The molecule has 28 heavy (non-hydrogen) atoms. The van der Waals surface area contributed by atoms with Crippen molar-refractivity contribution in [2.24, 2.45) is 0 Å². The Balaban J connectivity index is 1.91. The van der Waals surface area contributed by atoms with Gasteiger partial charge in [-0.15, -0.1) is 13.2 Å². The van der Waals surface area contributed by atoms with E-state index < -0.39 is 12.4 Å². The second-order valence-electron chi connectivity index (χ2n) is 6.49. The first kappa shape index (κ1) is 21.6. The molecule has 2 aromatic carbocycles. The summed E-state index contributed by atoms with van der Waals surface area (Å²) >= 11 is 0. The van der Waals surface area contributed by atoms with Crippen molar-refractivity contribution in [3.05, 3.63) is 54.1 Å². The molecule has 0 aliphatic heterocycles. The van der Waals surface area contributed by atoms with Crippen LogP contribution in [-0.2, 0) is 16.1 Å². The minimum Gasteiger partial charge on any atom is -0.406 e. The standard InChI is InChI=1S/C20H23F3N2O3/c1-13(2)27-12-15-5-4-6-17(11-15)24-14(3)19(26)25-16-7-9-18(10-8-16)28-20(21,22)23/h4-11,13-14,24H,12H2,1-3H3,(H,25,26). The first-order chi connectivity index (χ1) is 13.1. The SMILES string of the molecule is CC(C)OCc1cccc(NC(C)C(=O)Nc2ccc(OC(F)(F)F)cc2)c1. The fraction of sp³-hybridized carbons (Fsp3) is 0.350. The van der Waals surface area contributed by atoms with Gasteiger partial charge in [0.1, 0.15) is 11.8 Å². The average molecular weight is 396 g/mol. The van der Waals surface area contributed by atoms with Gasteiger partial charge in [0.25, 0.3) is 0 Å². The van der Waals surface area contributed by atoms with Crippen molar-refractivity contribution in [3.8, 4) is 5.75 Å². The molecule has 0 bridgehead atoms. The molecule has 152 valence electrons. The highest BCUT2D eigenvalue weighted by Crippen LogP contribution is 2.24. The van der Waals surface area contributed by atoms with Gasteiger partial charge in [0, 0.05) is 11.4 Å². The van der Waals surface area contributed by atoms with Crippen molar-refractivity contribution in [2.45, 2.75) is 45.9 Å².